The van der Waals surface area contributed by atoms with E-state index in [4.69, 9.17) is 0 Å². The van der Waals surface area contributed by atoms with Gasteiger partial charge in [0.15, 0.2) is 0 Å². The molecule has 0 aromatic carbocycles. The Hall–Kier alpha value is -0.550. The maximum atomic E-state index is 12.0. The minimum atomic E-state index is -4.07. The van der Waals surface area contributed by atoms with Crippen LogP contribution in [-0.4, -0.2) is 18.8 Å². The molecule has 0 saturated heterocycles. The number of nitrogens with one attached hydrogen (secondary N) is 1. The van der Waals surface area contributed by atoms with Crippen LogP contribution >= 0.6 is 11.3 Å². The summed E-state index contributed by atoms with van der Waals surface area (Å²) in [6.07, 6.45) is -4.05. The highest BCUT2D eigenvalue weighted by molar-refractivity contribution is 7.09. The third-order valence-electron chi connectivity index (χ3n) is 1.98. The Morgan fingerprint density at radius 3 is 2.73 bits per heavy atom. The number of rotatable bonds is 5. The standard InChI is InChI=1S/C10H14F3NS/c1-8(7-10(11,12)13)14-5-4-9-3-2-6-15-9/h2-3,6,8,14H,4-5,7H2,1H3. The first-order valence-electron chi connectivity index (χ1n) is 4.80. The van der Waals surface area contributed by atoms with Gasteiger partial charge in [-0.05, 0) is 24.8 Å². The van der Waals surface area contributed by atoms with E-state index >= 15 is 0 Å². The monoisotopic (exact) mass is 237 g/mol. The Bertz CT molecular complexity index is 269. The van der Waals surface area contributed by atoms with E-state index in [2.05, 4.69) is 5.32 Å². The summed E-state index contributed by atoms with van der Waals surface area (Å²) < 4.78 is 35.9. The largest absolute Gasteiger partial charge is 0.390 e. The van der Waals surface area contributed by atoms with E-state index in [1.807, 2.05) is 17.5 Å². The Labute approximate surface area is 91.3 Å². The number of thiophene rings is 1. The molecule has 0 fully saturated rings. The number of halogens is 3. The van der Waals surface area contributed by atoms with Crippen LogP contribution in [0.1, 0.15) is 18.2 Å². The fourth-order valence-electron chi connectivity index (χ4n) is 1.32. The molecule has 0 bridgehead atoms. The van der Waals surface area contributed by atoms with Crippen molar-refractivity contribution in [1.82, 2.24) is 5.32 Å². The molecule has 1 N–H and O–H groups in total. The molecule has 1 unspecified atom stereocenters. The van der Waals surface area contributed by atoms with Gasteiger partial charge in [0.1, 0.15) is 0 Å². The van der Waals surface area contributed by atoms with Crippen LogP contribution in [0, 0.1) is 0 Å². The summed E-state index contributed by atoms with van der Waals surface area (Å²) in [6.45, 7) is 2.15. The Balaban J connectivity index is 2.15. The third kappa shape index (κ3) is 5.79. The number of alkyl halides is 3. The summed E-state index contributed by atoms with van der Waals surface area (Å²) in [5.41, 5.74) is 0. The molecule has 1 nitrogen and oxygen atoms in total. The van der Waals surface area contributed by atoms with Gasteiger partial charge in [-0.2, -0.15) is 13.2 Å². The fraction of sp³-hybridized carbons (Fsp3) is 0.600. The van der Waals surface area contributed by atoms with E-state index in [9.17, 15) is 13.2 Å². The van der Waals surface area contributed by atoms with Crippen LogP contribution in [0.5, 0.6) is 0 Å². The maximum absolute atomic E-state index is 12.0. The van der Waals surface area contributed by atoms with Crippen molar-refractivity contribution in [2.24, 2.45) is 0 Å². The molecule has 1 heterocycles. The first kappa shape index (κ1) is 12.5. The van der Waals surface area contributed by atoms with Gasteiger partial charge in [0.05, 0.1) is 6.42 Å². The van der Waals surface area contributed by atoms with E-state index in [1.165, 1.54) is 4.88 Å². The molecule has 0 amide bonds. The molecule has 0 aliphatic heterocycles. The van der Waals surface area contributed by atoms with Gasteiger partial charge in [0, 0.05) is 17.5 Å². The molecule has 0 spiro atoms. The second kappa shape index (κ2) is 5.51. The normalized spacial score (nSPS) is 14.1. The van der Waals surface area contributed by atoms with Crippen molar-refractivity contribution in [3.8, 4) is 0 Å². The van der Waals surface area contributed by atoms with E-state index in [-0.39, 0.29) is 0 Å². The second-order valence-corrected chi connectivity index (χ2v) is 4.54. The highest BCUT2D eigenvalue weighted by Gasteiger charge is 2.29. The van der Waals surface area contributed by atoms with Gasteiger partial charge in [-0.3, -0.25) is 0 Å². The van der Waals surface area contributed by atoms with Crippen LogP contribution in [0.15, 0.2) is 17.5 Å². The lowest BCUT2D eigenvalue weighted by atomic mass is 10.2. The molecule has 1 aromatic rings. The van der Waals surface area contributed by atoms with Gasteiger partial charge in [-0.15, -0.1) is 11.3 Å². The van der Waals surface area contributed by atoms with Crippen LogP contribution in [0.25, 0.3) is 0 Å². The van der Waals surface area contributed by atoms with Crippen molar-refractivity contribution in [3.05, 3.63) is 22.4 Å². The molecule has 0 radical (unpaired) electrons. The molecule has 1 rings (SSSR count). The van der Waals surface area contributed by atoms with Gasteiger partial charge in [0.25, 0.3) is 0 Å². The van der Waals surface area contributed by atoms with Crippen molar-refractivity contribution in [2.45, 2.75) is 32.0 Å². The predicted molar refractivity (Wildman–Crippen MR) is 56.2 cm³/mol. The summed E-state index contributed by atoms with van der Waals surface area (Å²) in [5.74, 6) is 0. The lowest BCUT2D eigenvalue weighted by Gasteiger charge is -2.15. The van der Waals surface area contributed by atoms with Crippen LogP contribution < -0.4 is 5.32 Å². The minimum absolute atomic E-state index is 0.509. The van der Waals surface area contributed by atoms with Crippen LogP contribution in [0.3, 0.4) is 0 Å². The van der Waals surface area contributed by atoms with Crippen molar-refractivity contribution in [3.63, 3.8) is 0 Å². The molecule has 0 saturated carbocycles. The van der Waals surface area contributed by atoms with Gasteiger partial charge in [0.2, 0.25) is 0 Å². The van der Waals surface area contributed by atoms with Gasteiger partial charge < -0.3 is 5.32 Å². The zero-order valence-corrected chi connectivity index (χ0v) is 9.29. The Morgan fingerprint density at radius 2 is 2.20 bits per heavy atom. The van der Waals surface area contributed by atoms with Crippen molar-refractivity contribution < 1.29 is 13.2 Å². The van der Waals surface area contributed by atoms with Crippen molar-refractivity contribution in [1.29, 1.82) is 0 Å². The van der Waals surface area contributed by atoms with Crippen LogP contribution in [0.2, 0.25) is 0 Å². The van der Waals surface area contributed by atoms with Crippen molar-refractivity contribution >= 4 is 11.3 Å². The van der Waals surface area contributed by atoms with Crippen LogP contribution in [-0.2, 0) is 6.42 Å². The zero-order valence-electron chi connectivity index (χ0n) is 8.47. The van der Waals surface area contributed by atoms with Crippen LogP contribution in [0.4, 0.5) is 13.2 Å². The highest BCUT2D eigenvalue weighted by atomic mass is 32.1. The zero-order chi connectivity index (χ0) is 11.3. The molecule has 15 heavy (non-hydrogen) atoms. The van der Waals surface area contributed by atoms with E-state index in [0.717, 1.165) is 6.42 Å². The summed E-state index contributed by atoms with van der Waals surface area (Å²) in [4.78, 5) is 1.20. The lowest BCUT2D eigenvalue weighted by Crippen LogP contribution is -2.32. The smallest absolute Gasteiger partial charge is 0.314 e. The van der Waals surface area contributed by atoms with Gasteiger partial charge in [-0.25, -0.2) is 0 Å². The highest BCUT2D eigenvalue weighted by Crippen LogP contribution is 2.21. The Kier molecular flexibility index (Phi) is 4.60. The first-order chi connectivity index (χ1) is 6.97. The molecule has 1 atom stereocenters. The predicted octanol–water partition coefficient (Wildman–Crippen LogP) is 3.22. The summed E-state index contributed by atoms with van der Waals surface area (Å²) in [5, 5.41) is 4.83. The summed E-state index contributed by atoms with van der Waals surface area (Å²) in [6, 6.07) is 3.42. The van der Waals surface area contributed by atoms with E-state index < -0.39 is 18.6 Å². The molecule has 1 aromatic heterocycles. The van der Waals surface area contributed by atoms with Gasteiger partial charge >= 0.3 is 6.18 Å². The summed E-state index contributed by atoms with van der Waals surface area (Å²) >= 11 is 1.63. The molecule has 0 aliphatic rings. The summed E-state index contributed by atoms with van der Waals surface area (Å²) in [7, 11) is 0. The second-order valence-electron chi connectivity index (χ2n) is 3.50. The quantitative estimate of drug-likeness (QED) is 0.829. The van der Waals surface area contributed by atoms with Gasteiger partial charge in [-0.1, -0.05) is 6.07 Å². The molecule has 86 valence electrons. The lowest BCUT2D eigenvalue weighted by molar-refractivity contribution is -0.138. The molecular weight excluding hydrogens is 223 g/mol. The fourth-order valence-corrected chi connectivity index (χ4v) is 2.02. The van der Waals surface area contributed by atoms with E-state index in [0.29, 0.717) is 6.54 Å². The average Bonchev–Trinajstić information content (AvgIpc) is 2.53. The number of hydrogen-bond acceptors (Lipinski definition) is 2. The average molecular weight is 237 g/mol. The topological polar surface area (TPSA) is 12.0 Å². The van der Waals surface area contributed by atoms with Crippen molar-refractivity contribution in [2.75, 3.05) is 6.54 Å². The first-order valence-corrected chi connectivity index (χ1v) is 5.68. The number of hydrogen-bond donors (Lipinski definition) is 1. The molecular formula is C10H14F3NS. The maximum Gasteiger partial charge on any atom is 0.390 e. The third-order valence-corrected chi connectivity index (χ3v) is 2.92. The molecule has 5 heteroatoms. The molecule has 0 aliphatic carbocycles. The Morgan fingerprint density at radius 1 is 1.47 bits per heavy atom. The SMILES string of the molecule is CC(CC(F)(F)F)NCCc1cccs1. The van der Waals surface area contributed by atoms with E-state index in [1.54, 1.807) is 18.3 Å². The minimum Gasteiger partial charge on any atom is -0.314 e.